The van der Waals surface area contributed by atoms with E-state index in [1.54, 1.807) is 14.0 Å². The van der Waals surface area contributed by atoms with E-state index in [1.165, 1.54) is 0 Å². The van der Waals surface area contributed by atoms with E-state index in [2.05, 4.69) is 11.0 Å². The topological polar surface area (TPSA) is 64.1 Å². The number of ether oxygens (including phenoxy) is 3. The number of benzene rings is 2. The summed E-state index contributed by atoms with van der Waals surface area (Å²) in [6.07, 6.45) is -0.432. The molecule has 1 N–H and O–H groups in total. The van der Waals surface area contributed by atoms with E-state index in [1.807, 2.05) is 42.5 Å². The molecule has 146 valence electrons. The summed E-state index contributed by atoms with van der Waals surface area (Å²) < 4.78 is 16.1. The van der Waals surface area contributed by atoms with Gasteiger partial charge in [-0.2, -0.15) is 0 Å². The largest absolute Gasteiger partial charge is 0.497 e. The zero-order valence-corrected chi connectivity index (χ0v) is 16.1. The number of methoxy groups -OCH3 is 1. The molecule has 0 aliphatic carbocycles. The van der Waals surface area contributed by atoms with E-state index in [0.29, 0.717) is 19.6 Å². The maximum atomic E-state index is 9.94. The lowest BCUT2D eigenvalue weighted by Crippen LogP contribution is -2.30. The molecule has 0 unspecified atom stereocenters. The lowest BCUT2D eigenvalue weighted by Gasteiger charge is -2.23. The predicted octanol–water partition coefficient (Wildman–Crippen LogP) is 3.36. The molecule has 2 heterocycles. The van der Waals surface area contributed by atoms with Crippen molar-refractivity contribution in [2.75, 3.05) is 20.4 Å². The van der Waals surface area contributed by atoms with E-state index < -0.39 is 6.10 Å². The van der Waals surface area contributed by atoms with Crippen LogP contribution in [0, 0.1) is 0 Å². The number of fused-ring (bicyclic) bond motifs is 2. The maximum absolute atomic E-state index is 9.94. The van der Waals surface area contributed by atoms with Crippen LogP contribution in [-0.4, -0.2) is 41.5 Å². The molecule has 0 fully saturated rings. The van der Waals surface area contributed by atoms with Gasteiger partial charge in [0.05, 0.1) is 24.4 Å². The number of nitrogens with zero attached hydrogens (tertiary/aromatic N) is 2. The molecule has 0 saturated heterocycles. The Balaban J connectivity index is 1.53. The molecule has 4 rings (SSSR count). The van der Waals surface area contributed by atoms with Crippen LogP contribution in [0.3, 0.4) is 0 Å². The van der Waals surface area contributed by atoms with Gasteiger partial charge in [-0.05, 0) is 48.9 Å². The Kier molecular flexibility index (Phi) is 5.32. The van der Waals surface area contributed by atoms with Crippen LogP contribution >= 0.6 is 0 Å². The molecule has 6 nitrogen and oxygen atoms in total. The second kappa shape index (κ2) is 8.04. The molecule has 2 aromatic carbocycles. The number of aliphatic hydroxyl groups is 1. The second-order valence-electron chi connectivity index (χ2n) is 7.07. The lowest BCUT2D eigenvalue weighted by atomic mass is 10.1. The molecule has 0 spiro atoms. The summed E-state index contributed by atoms with van der Waals surface area (Å²) in [7, 11) is 1.66. The first kappa shape index (κ1) is 18.5. The average molecular weight is 380 g/mol. The summed E-state index contributed by atoms with van der Waals surface area (Å²) in [5.41, 5.74) is 2.99. The van der Waals surface area contributed by atoms with Gasteiger partial charge < -0.3 is 19.3 Å². The van der Waals surface area contributed by atoms with Gasteiger partial charge in [-0.3, -0.25) is 9.88 Å². The van der Waals surface area contributed by atoms with Crippen LogP contribution < -0.4 is 14.2 Å². The van der Waals surface area contributed by atoms with E-state index in [9.17, 15) is 5.11 Å². The molecule has 0 saturated carbocycles. The van der Waals surface area contributed by atoms with Crippen LogP contribution in [0.25, 0.3) is 10.9 Å². The first-order valence-electron chi connectivity index (χ1n) is 9.33. The molecular weight excluding hydrogens is 356 g/mol. The standard InChI is InChI=1S/C22H24N2O4/c1-15(25)11-24(12-16-3-8-21-22(9-16)28-14-27-21)13-18-5-4-17-10-19(26-2)6-7-20(17)23-18/h3-10,15,25H,11-14H2,1-2H3/t15-/m1/s1. The van der Waals surface area contributed by atoms with Crippen molar-refractivity contribution < 1.29 is 19.3 Å². The van der Waals surface area contributed by atoms with Gasteiger partial charge in [0.2, 0.25) is 6.79 Å². The summed E-state index contributed by atoms with van der Waals surface area (Å²) >= 11 is 0. The molecule has 1 aromatic heterocycles. The van der Waals surface area contributed by atoms with Crippen LogP contribution in [0.15, 0.2) is 48.5 Å². The summed E-state index contributed by atoms with van der Waals surface area (Å²) in [4.78, 5) is 6.95. The first-order chi connectivity index (χ1) is 13.6. The second-order valence-corrected chi connectivity index (χ2v) is 7.07. The highest BCUT2D eigenvalue weighted by Crippen LogP contribution is 2.33. The molecule has 3 aromatic rings. The van der Waals surface area contributed by atoms with Crippen molar-refractivity contribution in [1.82, 2.24) is 9.88 Å². The third-order valence-electron chi connectivity index (χ3n) is 4.71. The zero-order valence-electron chi connectivity index (χ0n) is 16.1. The van der Waals surface area contributed by atoms with Gasteiger partial charge in [-0.15, -0.1) is 0 Å². The fourth-order valence-electron chi connectivity index (χ4n) is 3.45. The maximum Gasteiger partial charge on any atom is 0.231 e. The van der Waals surface area contributed by atoms with Crippen molar-refractivity contribution in [3.8, 4) is 17.2 Å². The van der Waals surface area contributed by atoms with Gasteiger partial charge in [0, 0.05) is 25.0 Å². The molecular formula is C22H24N2O4. The molecule has 1 aliphatic heterocycles. The van der Waals surface area contributed by atoms with Crippen molar-refractivity contribution in [2.24, 2.45) is 0 Å². The highest BCUT2D eigenvalue weighted by atomic mass is 16.7. The van der Waals surface area contributed by atoms with Gasteiger partial charge >= 0.3 is 0 Å². The van der Waals surface area contributed by atoms with E-state index >= 15 is 0 Å². The van der Waals surface area contributed by atoms with Crippen LogP contribution in [-0.2, 0) is 13.1 Å². The summed E-state index contributed by atoms with van der Waals surface area (Å²) in [5, 5.41) is 11.0. The number of pyridine rings is 1. The molecule has 1 aliphatic rings. The van der Waals surface area contributed by atoms with E-state index in [0.717, 1.165) is 39.4 Å². The van der Waals surface area contributed by atoms with Gasteiger partial charge in [-0.1, -0.05) is 12.1 Å². The van der Waals surface area contributed by atoms with Gasteiger partial charge in [0.1, 0.15) is 5.75 Å². The number of hydrogen-bond donors (Lipinski definition) is 1. The Morgan fingerprint density at radius 1 is 1.07 bits per heavy atom. The van der Waals surface area contributed by atoms with Crippen LogP contribution in [0.4, 0.5) is 0 Å². The molecule has 28 heavy (non-hydrogen) atoms. The minimum atomic E-state index is -0.432. The third kappa shape index (κ3) is 4.18. The van der Waals surface area contributed by atoms with E-state index in [4.69, 9.17) is 19.2 Å². The first-order valence-corrected chi connectivity index (χ1v) is 9.33. The molecule has 0 radical (unpaired) electrons. The fraction of sp³-hybridized carbons (Fsp3) is 0.318. The third-order valence-corrected chi connectivity index (χ3v) is 4.71. The minimum absolute atomic E-state index is 0.266. The predicted molar refractivity (Wildman–Crippen MR) is 107 cm³/mol. The highest BCUT2D eigenvalue weighted by Gasteiger charge is 2.16. The normalized spacial score (nSPS) is 13.9. The summed E-state index contributed by atoms with van der Waals surface area (Å²) in [6.45, 7) is 3.94. The number of aliphatic hydroxyl groups excluding tert-OH is 1. The van der Waals surface area contributed by atoms with Crippen LogP contribution in [0.1, 0.15) is 18.2 Å². The van der Waals surface area contributed by atoms with Gasteiger partial charge in [-0.25, -0.2) is 0 Å². The van der Waals surface area contributed by atoms with Crippen molar-refractivity contribution in [1.29, 1.82) is 0 Å². The Bertz CT molecular complexity index is 974. The number of hydrogen-bond acceptors (Lipinski definition) is 6. The van der Waals surface area contributed by atoms with E-state index in [-0.39, 0.29) is 6.79 Å². The van der Waals surface area contributed by atoms with Crippen LogP contribution in [0.5, 0.6) is 17.2 Å². The fourth-order valence-corrected chi connectivity index (χ4v) is 3.45. The molecule has 1 atom stereocenters. The van der Waals surface area contributed by atoms with Crippen molar-refractivity contribution in [2.45, 2.75) is 26.1 Å². The van der Waals surface area contributed by atoms with Crippen molar-refractivity contribution >= 4 is 10.9 Å². The number of rotatable bonds is 7. The van der Waals surface area contributed by atoms with Gasteiger partial charge in [0.25, 0.3) is 0 Å². The Labute approximate surface area is 164 Å². The Morgan fingerprint density at radius 3 is 2.75 bits per heavy atom. The Hall–Kier alpha value is -2.83. The SMILES string of the molecule is COc1ccc2nc(CN(Cc3ccc4c(c3)OCO4)C[C@@H](C)O)ccc2c1. The Morgan fingerprint density at radius 2 is 1.93 bits per heavy atom. The summed E-state index contributed by atoms with van der Waals surface area (Å²) in [5.74, 6) is 2.37. The smallest absolute Gasteiger partial charge is 0.231 e. The van der Waals surface area contributed by atoms with Crippen molar-refractivity contribution in [3.63, 3.8) is 0 Å². The lowest BCUT2D eigenvalue weighted by molar-refractivity contribution is 0.117. The monoisotopic (exact) mass is 380 g/mol. The minimum Gasteiger partial charge on any atom is -0.497 e. The molecule has 0 bridgehead atoms. The number of aromatic nitrogens is 1. The molecule has 6 heteroatoms. The average Bonchev–Trinajstić information content (AvgIpc) is 3.15. The van der Waals surface area contributed by atoms with Crippen LogP contribution in [0.2, 0.25) is 0 Å². The highest BCUT2D eigenvalue weighted by molar-refractivity contribution is 5.80. The van der Waals surface area contributed by atoms with Crippen molar-refractivity contribution in [3.05, 3.63) is 59.8 Å². The molecule has 0 amide bonds. The van der Waals surface area contributed by atoms with Gasteiger partial charge in [0.15, 0.2) is 11.5 Å². The quantitative estimate of drug-likeness (QED) is 0.678. The summed E-state index contributed by atoms with van der Waals surface area (Å²) in [6, 6.07) is 15.9. The zero-order chi connectivity index (χ0) is 19.5.